The Balaban J connectivity index is 2.37. The Morgan fingerprint density at radius 2 is 2.12 bits per heavy atom. The fraction of sp³-hybridized carbons (Fsp3) is 0.769. The standard InChI is InChI=1S/C13H25N3/c1-6-13(4,5)10-14-7-12-8-15-16(9-12)11(2)3/h8-9,11,14H,6-7,10H2,1-5H3. The van der Waals surface area contributed by atoms with Crippen molar-refractivity contribution in [2.24, 2.45) is 5.41 Å². The zero-order valence-corrected chi connectivity index (χ0v) is 11.2. The van der Waals surface area contributed by atoms with E-state index in [1.54, 1.807) is 0 Å². The van der Waals surface area contributed by atoms with Crippen LogP contribution in [0.3, 0.4) is 0 Å². The van der Waals surface area contributed by atoms with Crippen molar-refractivity contribution in [2.75, 3.05) is 6.54 Å². The highest BCUT2D eigenvalue weighted by atomic mass is 15.3. The van der Waals surface area contributed by atoms with Crippen LogP contribution in [0.25, 0.3) is 0 Å². The Bertz CT molecular complexity index is 313. The average molecular weight is 223 g/mol. The van der Waals surface area contributed by atoms with Gasteiger partial charge in [0.25, 0.3) is 0 Å². The average Bonchev–Trinajstić information content (AvgIpc) is 2.66. The molecule has 0 spiro atoms. The fourth-order valence-electron chi connectivity index (χ4n) is 1.42. The molecular formula is C13H25N3. The van der Waals surface area contributed by atoms with Gasteiger partial charge in [0.1, 0.15) is 0 Å². The fourth-order valence-corrected chi connectivity index (χ4v) is 1.42. The number of hydrogen-bond acceptors (Lipinski definition) is 2. The minimum atomic E-state index is 0.383. The van der Waals surface area contributed by atoms with Gasteiger partial charge in [0.05, 0.1) is 6.20 Å². The first kappa shape index (κ1) is 13.2. The van der Waals surface area contributed by atoms with Crippen LogP contribution in [0.2, 0.25) is 0 Å². The summed E-state index contributed by atoms with van der Waals surface area (Å²) in [6, 6.07) is 0.445. The summed E-state index contributed by atoms with van der Waals surface area (Å²) in [5.74, 6) is 0. The Morgan fingerprint density at radius 1 is 1.44 bits per heavy atom. The first-order valence-corrected chi connectivity index (χ1v) is 6.18. The first-order chi connectivity index (χ1) is 7.44. The van der Waals surface area contributed by atoms with Gasteiger partial charge in [-0.25, -0.2) is 0 Å². The lowest BCUT2D eigenvalue weighted by Gasteiger charge is -2.22. The Hall–Kier alpha value is -0.830. The number of rotatable bonds is 6. The van der Waals surface area contributed by atoms with Crippen LogP contribution in [0.15, 0.2) is 12.4 Å². The summed E-state index contributed by atoms with van der Waals surface area (Å²) < 4.78 is 2.00. The molecule has 0 aliphatic heterocycles. The normalized spacial score (nSPS) is 12.4. The molecule has 1 N–H and O–H groups in total. The summed E-state index contributed by atoms with van der Waals surface area (Å²) >= 11 is 0. The lowest BCUT2D eigenvalue weighted by molar-refractivity contribution is 0.327. The molecule has 0 radical (unpaired) electrons. The molecule has 1 aromatic heterocycles. The molecule has 0 aliphatic carbocycles. The first-order valence-electron chi connectivity index (χ1n) is 6.18. The van der Waals surface area contributed by atoms with Gasteiger partial charge in [-0.2, -0.15) is 5.10 Å². The summed E-state index contributed by atoms with van der Waals surface area (Å²) in [4.78, 5) is 0. The second kappa shape index (κ2) is 5.48. The summed E-state index contributed by atoms with van der Waals surface area (Å²) in [5, 5.41) is 7.82. The lowest BCUT2D eigenvalue weighted by atomic mass is 9.90. The molecule has 0 aliphatic rings. The Labute approximate surface area is 99.2 Å². The highest BCUT2D eigenvalue weighted by Gasteiger charge is 2.14. The molecule has 0 unspecified atom stereocenters. The third-order valence-electron chi connectivity index (χ3n) is 3.07. The van der Waals surface area contributed by atoms with Gasteiger partial charge in [0.15, 0.2) is 0 Å². The smallest absolute Gasteiger partial charge is 0.0534 e. The van der Waals surface area contributed by atoms with E-state index in [0.717, 1.165) is 13.1 Å². The van der Waals surface area contributed by atoms with Crippen LogP contribution in [0, 0.1) is 5.41 Å². The van der Waals surface area contributed by atoms with E-state index >= 15 is 0 Å². The number of nitrogens with one attached hydrogen (secondary N) is 1. The van der Waals surface area contributed by atoms with E-state index in [1.165, 1.54) is 12.0 Å². The zero-order valence-electron chi connectivity index (χ0n) is 11.2. The van der Waals surface area contributed by atoms with Crippen molar-refractivity contribution in [1.82, 2.24) is 15.1 Å². The maximum atomic E-state index is 4.33. The maximum absolute atomic E-state index is 4.33. The molecule has 3 nitrogen and oxygen atoms in total. The maximum Gasteiger partial charge on any atom is 0.0534 e. The van der Waals surface area contributed by atoms with Crippen LogP contribution in [0.5, 0.6) is 0 Å². The van der Waals surface area contributed by atoms with Crippen molar-refractivity contribution < 1.29 is 0 Å². The van der Waals surface area contributed by atoms with Crippen molar-refractivity contribution in [3.8, 4) is 0 Å². The molecule has 0 saturated carbocycles. The van der Waals surface area contributed by atoms with Crippen LogP contribution >= 0.6 is 0 Å². The van der Waals surface area contributed by atoms with Crippen molar-refractivity contribution in [2.45, 2.75) is 53.6 Å². The van der Waals surface area contributed by atoms with Gasteiger partial charge < -0.3 is 5.32 Å². The van der Waals surface area contributed by atoms with Crippen molar-refractivity contribution in [1.29, 1.82) is 0 Å². The molecule has 0 saturated heterocycles. The quantitative estimate of drug-likeness (QED) is 0.803. The second-order valence-corrected chi connectivity index (χ2v) is 5.54. The molecule has 0 amide bonds. The number of hydrogen-bond donors (Lipinski definition) is 1. The Kier molecular flexibility index (Phi) is 4.54. The van der Waals surface area contributed by atoms with Gasteiger partial charge >= 0.3 is 0 Å². The third kappa shape index (κ3) is 3.97. The van der Waals surface area contributed by atoms with Gasteiger partial charge in [-0.05, 0) is 25.7 Å². The van der Waals surface area contributed by atoms with Crippen molar-refractivity contribution >= 4 is 0 Å². The SMILES string of the molecule is CCC(C)(C)CNCc1cnn(C(C)C)c1. The topological polar surface area (TPSA) is 29.9 Å². The molecule has 0 bridgehead atoms. The van der Waals surface area contributed by atoms with E-state index < -0.39 is 0 Å². The van der Waals surface area contributed by atoms with E-state index in [4.69, 9.17) is 0 Å². The van der Waals surface area contributed by atoms with Gasteiger partial charge in [-0.1, -0.05) is 20.8 Å². The second-order valence-electron chi connectivity index (χ2n) is 5.54. The van der Waals surface area contributed by atoms with Crippen molar-refractivity contribution in [3.05, 3.63) is 18.0 Å². The molecule has 1 aromatic rings. The molecule has 1 heterocycles. The molecule has 1 rings (SSSR count). The zero-order chi connectivity index (χ0) is 12.2. The third-order valence-corrected chi connectivity index (χ3v) is 3.07. The van der Waals surface area contributed by atoms with Crippen LogP contribution in [-0.4, -0.2) is 16.3 Å². The molecule has 0 atom stereocenters. The minimum Gasteiger partial charge on any atom is -0.312 e. The summed E-state index contributed by atoms with van der Waals surface area (Å²) in [5.41, 5.74) is 1.65. The van der Waals surface area contributed by atoms with Gasteiger partial charge in [-0.3, -0.25) is 4.68 Å². The molecule has 0 aromatic carbocycles. The van der Waals surface area contributed by atoms with E-state index in [0.29, 0.717) is 11.5 Å². The monoisotopic (exact) mass is 223 g/mol. The van der Waals surface area contributed by atoms with E-state index in [-0.39, 0.29) is 0 Å². The Morgan fingerprint density at radius 3 is 2.62 bits per heavy atom. The predicted octanol–water partition coefficient (Wildman–Crippen LogP) is 2.99. The molecule has 3 heteroatoms. The summed E-state index contributed by atoms with van der Waals surface area (Å²) in [7, 11) is 0. The minimum absolute atomic E-state index is 0.383. The summed E-state index contributed by atoms with van der Waals surface area (Å²) in [6.45, 7) is 13.1. The van der Waals surface area contributed by atoms with E-state index in [1.807, 2.05) is 10.9 Å². The number of nitrogens with zero attached hydrogens (tertiary/aromatic N) is 2. The van der Waals surface area contributed by atoms with Gasteiger partial charge in [0, 0.05) is 30.9 Å². The molecular weight excluding hydrogens is 198 g/mol. The predicted molar refractivity (Wildman–Crippen MR) is 68.4 cm³/mol. The highest BCUT2D eigenvalue weighted by molar-refractivity contribution is 5.03. The largest absolute Gasteiger partial charge is 0.312 e. The summed E-state index contributed by atoms with van der Waals surface area (Å²) in [6.07, 6.45) is 5.27. The molecule has 92 valence electrons. The van der Waals surface area contributed by atoms with Crippen LogP contribution in [0.1, 0.15) is 52.6 Å². The van der Waals surface area contributed by atoms with E-state index in [9.17, 15) is 0 Å². The van der Waals surface area contributed by atoms with Crippen LogP contribution in [0.4, 0.5) is 0 Å². The number of aromatic nitrogens is 2. The van der Waals surface area contributed by atoms with Crippen molar-refractivity contribution in [3.63, 3.8) is 0 Å². The van der Waals surface area contributed by atoms with Crippen LogP contribution < -0.4 is 5.32 Å². The molecule has 16 heavy (non-hydrogen) atoms. The van der Waals surface area contributed by atoms with Gasteiger partial charge in [-0.15, -0.1) is 0 Å². The lowest BCUT2D eigenvalue weighted by Crippen LogP contribution is -2.28. The molecule has 0 fully saturated rings. The highest BCUT2D eigenvalue weighted by Crippen LogP contribution is 2.17. The van der Waals surface area contributed by atoms with E-state index in [2.05, 4.69) is 51.2 Å². The van der Waals surface area contributed by atoms with Crippen LogP contribution in [-0.2, 0) is 6.54 Å². The van der Waals surface area contributed by atoms with Gasteiger partial charge in [0.2, 0.25) is 0 Å².